The first-order valence-electron chi connectivity index (χ1n) is 11.0. The van der Waals surface area contributed by atoms with E-state index in [9.17, 15) is 4.79 Å². The topological polar surface area (TPSA) is 72.7 Å². The number of carbonyl (C=O) groups is 1. The Bertz CT molecular complexity index is 1200. The van der Waals surface area contributed by atoms with Crippen LogP contribution >= 0.6 is 11.8 Å². The number of benzene rings is 2. The predicted molar refractivity (Wildman–Crippen MR) is 134 cm³/mol. The van der Waals surface area contributed by atoms with Crippen LogP contribution in [0.3, 0.4) is 0 Å². The summed E-state index contributed by atoms with van der Waals surface area (Å²) in [5.41, 5.74) is 4.89. The molecule has 0 bridgehead atoms. The summed E-state index contributed by atoms with van der Waals surface area (Å²) in [6.45, 7) is 6.42. The Hall–Kier alpha value is -3.45. The van der Waals surface area contributed by atoms with Crippen molar-refractivity contribution >= 4 is 23.4 Å². The Morgan fingerprint density at radius 1 is 1.03 bits per heavy atom. The maximum atomic E-state index is 12.6. The van der Waals surface area contributed by atoms with Crippen molar-refractivity contribution in [3.05, 3.63) is 84.1 Å². The smallest absolute Gasteiger partial charge is 0.234 e. The summed E-state index contributed by atoms with van der Waals surface area (Å²) in [7, 11) is 0. The Balaban J connectivity index is 1.51. The summed E-state index contributed by atoms with van der Waals surface area (Å²) >= 11 is 1.35. The number of rotatable bonds is 8. The zero-order valence-electron chi connectivity index (χ0n) is 19.0. The average Bonchev–Trinajstić information content (AvgIpc) is 3.28. The molecule has 168 valence electrons. The Kier molecular flexibility index (Phi) is 7.19. The second-order valence-corrected chi connectivity index (χ2v) is 8.90. The van der Waals surface area contributed by atoms with Crippen LogP contribution in [-0.4, -0.2) is 31.4 Å². The number of aromatic nitrogens is 4. The van der Waals surface area contributed by atoms with Gasteiger partial charge in [-0.05, 0) is 61.2 Å². The molecule has 4 aromatic rings. The van der Waals surface area contributed by atoms with E-state index in [1.807, 2.05) is 66.1 Å². The molecular weight excluding hydrogens is 430 g/mol. The number of aryl methyl sites for hydroxylation is 1. The quantitative estimate of drug-likeness (QED) is 0.334. The van der Waals surface area contributed by atoms with Gasteiger partial charge in [-0.1, -0.05) is 61.5 Å². The molecule has 0 fully saturated rings. The number of carbonyl (C=O) groups excluding carboxylic acids is 1. The molecule has 0 saturated carbocycles. The standard InChI is InChI=1S/C26H27N5OS/c1-4-19(3)20-10-12-21(13-11-20)28-24(32)17-33-26-30-29-25(23-7-5-6-16-27-23)31(26)22-14-8-18(2)9-15-22/h5-16,19H,4,17H2,1-3H3,(H,28,32)/t19-/m1/s1. The van der Waals surface area contributed by atoms with Crippen molar-refractivity contribution in [3.8, 4) is 17.2 Å². The van der Waals surface area contributed by atoms with Crippen molar-refractivity contribution in [3.63, 3.8) is 0 Å². The summed E-state index contributed by atoms with van der Waals surface area (Å²) in [5, 5.41) is 12.4. The first-order chi connectivity index (χ1) is 16.0. The highest BCUT2D eigenvalue weighted by Gasteiger charge is 2.18. The summed E-state index contributed by atoms with van der Waals surface area (Å²) in [4.78, 5) is 17.1. The molecule has 0 aliphatic rings. The third-order valence-electron chi connectivity index (χ3n) is 5.53. The summed E-state index contributed by atoms with van der Waals surface area (Å²) < 4.78 is 1.95. The maximum Gasteiger partial charge on any atom is 0.234 e. The zero-order chi connectivity index (χ0) is 23.2. The molecule has 1 amide bonds. The van der Waals surface area contributed by atoms with Crippen molar-refractivity contribution in [1.29, 1.82) is 0 Å². The lowest BCUT2D eigenvalue weighted by Gasteiger charge is -2.11. The highest BCUT2D eigenvalue weighted by molar-refractivity contribution is 7.99. The van der Waals surface area contributed by atoms with E-state index in [2.05, 4.69) is 46.5 Å². The van der Waals surface area contributed by atoms with Gasteiger partial charge in [0.15, 0.2) is 11.0 Å². The Morgan fingerprint density at radius 2 is 1.79 bits per heavy atom. The van der Waals surface area contributed by atoms with Crippen molar-refractivity contribution in [2.75, 3.05) is 11.1 Å². The van der Waals surface area contributed by atoms with E-state index in [1.165, 1.54) is 22.9 Å². The molecule has 2 heterocycles. The largest absolute Gasteiger partial charge is 0.325 e. The normalized spacial score (nSPS) is 11.8. The van der Waals surface area contributed by atoms with Crippen LogP contribution in [0, 0.1) is 6.92 Å². The average molecular weight is 458 g/mol. The second-order valence-electron chi connectivity index (χ2n) is 7.96. The first-order valence-corrected chi connectivity index (χ1v) is 12.0. The van der Waals surface area contributed by atoms with E-state index in [-0.39, 0.29) is 11.7 Å². The number of hydrogen-bond acceptors (Lipinski definition) is 5. The molecule has 0 saturated heterocycles. The Morgan fingerprint density at radius 3 is 2.45 bits per heavy atom. The molecule has 6 nitrogen and oxygen atoms in total. The van der Waals surface area contributed by atoms with E-state index in [1.54, 1.807) is 6.20 Å². The van der Waals surface area contributed by atoms with Gasteiger partial charge in [-0.25, -0.2) is 0 Å². The Labute approximate surface area is 198 Å². The SMILES string of the molecule is CC[C@@H](C)c1ccc(NC(=O)CSc2nnc(-c3ccccn3)n2-c2ccc(C)cc2)cc1. The van der Waals surface area contributed by atoms with Gasteiger partial charge >= 0.3 is 0 Å². The molecule has 0 aliphatic carbocycles. The van der Waals surface area contributed by atoms with Gasteiger partial charge in [0.2, 0.25) is 5.91 Å². The number of hydrogen-bond donors (Lipinski definition) is 1. The first kappa shape index (κ1) is 22.7. The van der Waals surface area contributed by atoms with Gasteiger partial charge in [0.05, 0.1) is 5.75 Å². The van der Waals surface area contributed by atoms with Crippen LogP contribution in [0.15, 0.2) is 78.1 Å². The van der Waals surface area contributed by atoms with Crippen LogP contribution in [0.4, 0.5) is 5.69 Å². The molecule has 1 N–H and O–H groups in total. The second kappa shape index (κ2) is 10.4. The molecular formula is C26H27N5OS. The summed E-state index contributed by atoms with van der Waals surface area (Å²) in [5.74, 6) is 1.28. The lowest BCUT2D eigenvalue weighted by Crippen LogP contribution is -2.14. The molecule has 0 aliphatic heterocycles. The van der Waals surface area contributed by atoms with Crippen molar-refractivity contribution < 1.29 is 4.79 Å². The predicted octanol–water partition coefficient (Wildman–Crippen LogP) is 5.88. The third-order valence-corrected chi connectivity index (χ3v) is 6.46. The molecule has 0 spiro atoms. The lowest BCUT2D eigenvalue weighted by atomic mass is 9.99. The highest BCUT2D eigenvalue weighted by Crippen LogP contribution is 2.27. The number of pyridine rings is 1. The maximum absolute atomic E-state index is 12.6. The summed E-state index contributed by atoms with van der Waals surface area (Å²) in [6, 6.07) is 21.9. The minimum Gasteiger partial charge on any atom is -0.325 e. The minimum atomic E-state index is -0.0888. The van der Waals surface area contributed by atoms with Crippen LogP contribution in [0.25, 0.3) is 17.2 Å². The fraction of sp³-hybridized carbons (Fsp3) is 0.231. The number of anilines is 1. The van der Waals surface area contributed by atoms with Gasteiger partial charge in [0.25, 0.3) is 0 Å². The van der Waals surface area contributed by atoms with Crippen LogP contribution < -0.4 is 5.32 Å². The van der Waals surface area contributed by atoms with E-state index in [0.717, 1.165) is 23.5 Å². The number of nitrogens with zero attached hydrogens (tertiary/aromatic N) is 4. The fourth-order valence-electron chi connectivity index (χ4n) is 3.41. The van der Waals surface area contributed by atoms with Gasteiger partial charge in [0.1, 0.15) is 5.69 Å². The molecule has 7 heteroatoms. The molecule has 0 unspecified atom stereocenters. The van der Waals surface area contributed by atoms with Crippen LogP contribution in [0.1, 0.15) is 37.3 Å². The van der Waals surface area contributed by atoms with E-state index in [0.29, 0.717) is 16.9 Å². The number of thioether (sulfide) groups is 1. The van der Waals surface area contributed by atoms with Gasteiger partial charge in [0, 0.05) is 17.6 Å². The molecule has 2 aromatic heterocycles. The van der Waals surface area contributed by atoms with E-state index in [4.69, 9.17) is 0 Å². The minimum absolute atomic E-state index is 0.0888. The lowest BCUT2D eigenvalue weighted by molar-refractivity contribution is -0.113. The summed E-state index contributed by atoms with van der Waals surface area (Å²) in [6.07, 6.45) is 2.82. The van der Waals surface area contributed by atoms with Crippen molar-refractivity contribution in [2.45, 2.75) is 38.3 Å². The van der Waals surface area contributed by atoms with Gasteiger partial charge in [-0.3, -0.25) is 14.3 Å². The van der Waals surface area contributed by atoms with Crippen LogP contribution in [-0.2, 0) is 4.79 Å². The van der Waals surface area contributed by atoms with Gasteiger partial charge < -0.3 is 5.32 Å². The molecule has 2 aromatic carbocycles. The van der Waals surface area contributed by atoms with E-state index < -0.39 is 0 Å². The monoisotopic (exact) mass is 457 g/mol. The highest BCUT2D eigenvalue weighted by atomic mass is 32.2. The van der Waals surface area contributed by atoms with Crippen molar-refractivity contribution in [2.24, 2.45) is 0 Å². The van der Waals surface area contributed by atoms with E-state index >= 15 is 0 Å². The van der Waals surface area contributed by atoms with Crippen molar-refractivity contribution in [1.82, 2.24) is 19.7 Å². The molecule has 0 radical (unpaired) electrons. The van der Waals surface area contributed by atoms with Gasteiger partial charge in [-0.2, -0.15) is 0 Å². The molecule has 1 atom stereocenters. The zero-order valence-corrected chi connectivity index (χ0v) is 19.8. The molecule has 4 rings (SSSR count). The number of amides is 1. The van der Waals surface area contributed by atoms with Gasteiger partial charge in [-0.15, -0.1) is 10.2 Å². The van der Waals surface area contributed by atoms with Crippen LogP contribution in [0.2, 0.25) is 0 Å². The fourth-order valence-corrected chi connectivity index (χ4v) is 4.16. The molecule has 33 heavy (non-hydrogen) atoms. The third kappa shape index (κ3) is 5.49. The number of nitrogens with one attached hydrogen (secondary N) is 1. The van der Waals surface area contributed by atoms with Crippen LogP contribution in [0.5, 0.6) is 0 Å².